The molecule has 7 heterocycles. The van der Waals surface area contributed by atoms with Crippen LogP contribution in [-0.2, 0) is 38.5 Å². The van der Waals surface area contributed by atoms with Crippen molar-refractivity contribution in [3.8, 4) is 51.4 Å². The molecule has 4 aliphatic rings. The molecule has 0 amide bonds. The standard InChI is InChI=1S/C52H58Cl2N6O9S/c1-30-42-31(2)46(54)47(45(30)53)67-36(25-60-18-16-59(6)17-19-60)28-65-34-12-13-38(66-26-33-14-15-55-48(58-33)37-10-8-9-11-39(37)62-7)32(22-34)23-40(51(61)69-52(3,4)5)68-49-44-43(42)41(70-50(44)57-29-56-49)24-35-27-63-20-21-64-35/h8-15,22,29,35-36,40H,16-21,23-28H2,1-7H3/t35-,36+,40+/m0/s1. The van der Waals surface area contributed by atoms with E-state index < -0.39 is 23.8 Å². The van der Waals surface area contributed by atoms with Crippen LogP contribution in [0.5, 0.6) is 28.9 Å². The average Bonchev–Trinajstić information content (AvgIpc) is 3.71. The number of likely N-dealkylation sites (N-methyl/N-ethyl adjacent to an activating group) is 1. The van der Waals surface area contributed by atoms with Crippen molar-refractivity contribution in [1.82, 2.24) is 29.7 Å². The Kier molecular flexibility index (Phi) is 15.3. The van der Waals surface area contributed by atoms with Gasteiger partial charge in [0.15, 0.2) is 11.6 Å². The van der Waals surface area contributed by atoms with Gasteiger partial charge in [-0.05, 0) is 94.8 Å². The lowest BCUT2D eigenvalue weighted by Crippen LogP contribution is -2.49. The maximum atomic E-state index is 14.6. The van der Waals surface area contributed by atoms with E-state index in [0.717, 1.165) is 58.9 Å². The summed E-state index contributed by atoms with van der Waals surface area (Å²) >= 11 is 16.4. The van der Waals surface area contributed by atoms with E-state index in [0.29, 0.717) is 93.1 Å². The molecule has 0 aliphatic carbocycles. The van der Waals surface area contributed by atoms with Gasteiger partial charge in [-0.1, -0.05) is 35.3 Å². The number of hydrogen-bond donors (Lipinski definition) is 0. The Morgan fingerprint density at radius 3 is 2.43 bits per heavy atom. The highest BCUT2D eigenvalue weighted by Crippen LogP contribution is 2.51. The Hall–Kier alpha value is -5.33. The van der Waals surface area contributed by atoms with Crippen LogP contribution in [0.2, 0.25) is 10.0 Å². The van der Waals surface area contributed by atoms with Crippen LogP contribution in [0.3, 0.4) is 0 Å². The van der Waals surface area contributed by atoms with Gasteiger partial charge in [0, 0.05) is 67.8 Å². The highest BCUT2D eigenvalue weighted by molar-refractivity contribution is 7.19. The molecule has 4 aliphatic heterocycles. The molecule has 3 aromatic heterocycles. The predicted molar refractivity (Wildman–Crippen MR) is 269 cm³/mol. The second-order valence-corrected chi connectivity index (χ2v) is 20.6. The highest BCUT2D eigenvalue weighted by Gasteiger charge is 2.34. The Balaban J connectivity index is 1.17. The van der Waals surface area contributed by atoms with Crippen LogP contribution in [-0.4, -0.2) is 133 Å². The van der Waals surface area contributed by atoms with Gasteiger partial charge in [-0.3, -0.25) is 4.90 Å². The monoisotopic (exact) mass is 1010 g/mol. The highest BCUT2D eigenvalue weighted by atomic mass is 35.5. The molecule has 0 spiro atoms. The number of piperazine rings is 1. The van der Waals surface area contributed by atoms with Gasteiger partial charge in [0.2, 0.25) is 12.0 Å². The van der Waals surface area contributed by atoms with Crippen molar-refractivity contribution in [3.05, 3.63) is 98.4 Å². The van der Waals surface area contributed by atoms with Gasteiger partial charge in [-0.2, -0.15) is 0 Å². The summed E-state index contributed by atoms with van der Waals surface area (Å²) in [5.74, 6) is 2.10. The van der Waals surface area contributed by atoms with Crippen LogP contribution in [0.25, 0.3) is 32.7 Å². The van der Waals surface area contributed by atoms with E-state index in [4.69, 9.17) is 76.0 Å². The van der Waals surface area contributed by atoms with Crippen molar-refractivity contribution in [3.63, 3.8) is 0 Å². The fourth-order valence-electron chi connectivity index (χ4n) is 8.93. The molecule has 0 saturated carbocycles. The van der Waals surface area contributed by atoms with E-state index in [1.54, 1.807) is 19.4 Å². The van der Waals surface area contributed by atoms with Gasteiger partial charge in [0.05, 0.1) is 59.7 Å². The van der Waals surface area contributed by atoms with Crippen molar-refractivity contribution in [2.45, 2.75) is 78.0 Å². The Morgan fingerprint density at radius 2 is 1.69 bits per heavy atom. The Bertz CT molecular complexity index is 2820. The van der Waals surface area contributed by atoms with E-state index in [1.165, 1.54) is 17.7 Å². The minimum absolute atomic E-state index is 0.00794. The lowest BCUT2D eigenvalue weighted by molar-refractivity contribution is -0.163. The number of nitrogens with zero attached hydrogens (tertiary/aromatic N) is 6. The molecule has 18 heteroatoms. The van der Waals surface area contributed by atoms with Crippen LogP contribution in [0.4, 0.5) is 0 Å². The van der Waals surface area contributed by atoms with Crippen molar-refractivity contribution < 1.29 is 42.7 Å². The molecule has 0 N–H and O–H groups in total. The molecule has 0 radical (unpaired) electrons. The molecule has 3 aromatic carbocycles. The number of aromatic nitrogens is 4. The summed E-state index contributed by atoms with van der Waals surface area (Å²) < 4.78 is 50.8. The topological polar surface area (TPSA) is 149 Å². The Labute approximate surface area is 422 Å². The summed E-state index contributed by atoms with van der Waals surface area (Å²) in [4.78, 5) is 39.7. The minimum atomic E-state index is -1.22. The number of esters is 1. The zero-order valence-electron chi connectivity index (χ0n) is 40.5. The normalized spacial score (nSPS) is 19.2. The first-order chi connectivity index (χ1) is 33.7. The number of halogens is 2. The van der Waals surface area contributed by atoms with Crippen LogP contribution < -0.4 is 23.7 Å². The molecule has 3 atom stereocenters. The number of fused-ring (bicyclic) bond motifs is 7. The second kappa shape index (κ2) is 21.6. The maximum absolute atomic E-state index is 14.6. The fraction of sp³-hybridized carbons (Fsp3) is 0.442. The summed E-state index contributed by atoms with van der Waals surface area (Å²) in [7, 11) is 3.74. The molecule has 15 nitrogen and oxygen atoms in total. The number of hydrogen-bond acceptors (Lipinski definition) is 16. The molecule has 370 valence electrons. The van der Waals surface area contributed by atoms with Crippen LogP contribution in [0.1, 0.15) is 48.0 Å². The molecule has 2 saturated heterocycles. The number of methoxy groups -OCH3 is 1. The summed E-state index contributed by atoms with van der Waals surface area (Å²) in [6.07, 6.45) is 1.70. The minimum Gasteiger partial charge on any atom is -0.496 e. The molecule has 6 aromatic rings. The number of carbonyl (C=O) groups is 1. The van der Waals surface area contributed by atoms with Crippen molar-refractivity contribution >= 4 is 50.7 Å². The average molecular weight is 1010 g/mol. The molecule has 70 heavy (non-hydrogen) atoms. The van der Waals surface area contributed by atoms with E-state index in [2.05, 4.69) is 21.8 Å². The van der Waals surface area contributed by atoms with Gasteiger partial charge < -0.3 is 42.8 Å². The van der Waals surface area contributed by atoms with Gasteiger partial charge in [-0.25, -0.2) is 24.7 Å². The molecule has 10 rings (SSSR count). The van der Waals surface area contributed by atoms with Gasteiger partial charge in [-0.15, -0.1) is 11.3 Å². The SMILES string of the molecule is COc1ccccc1-c1nccc(COc2ccc3cc2C[C@H](C(=O)OC(C)(C)C)Oc2ncnc4sc(C[C@H]5COCCO5)c(c24)-c2c(C)c(Cl)c(c(Cl)c2C)O[C@H](CN2CCN(C)CC2)CO3)n1. The molecule has 2 fully saturated rings. The predicted octanol–water partition coefficient (Wildman–Crippen LogP) is 9.00. The largest absolute Gasteiger partial charge is 0.496 e. The summed E-state index contributed by atoms with van der Waals surface area (Å²) in [6, 6.07) is 14.9. The zero-order valence-corrected chi connectivity index (χ0v) is 42.8. The maximum Gasteiger partial charge on any atom is 0.348 e. The molecular formula is C52H58Cl2N6O9S. The van der Waals surface area contributed by atoms with E-state index in [9.17, 15) is 4.79 Å². The quantitative estimate of drug-likeness (QED) is 0.120. The summed E-state index contributed by atoms with van der Waals surface area (Å²) in [5.41, 5.74) is 4.19. The first-order valence-corrected chi connectivity index (χ1v) is 25.0. The van der Waals surface area contributed by atoms with Crippen LogP contribution >= 0.6 is 34.5 Å². The van der Waals surface area contributed by atoms with E-state index >= 15 is 0 Å². The number of carbonyl (C=O) groups excluding carboxylic acids is 1. The third-order valence-corrected chi connectivity index (χ3v) is 14.5. The van der Waals surface area contributed by atoms with Crippen molar-refractivity contribution in [1.29, 1.82) is 0 Å². The fourth-order valence-corrected chi connectivity index (χ4v) is 10.6. The van der Waals surface area contributed by atoms with Gasteiger partial charge in [0.1, 0.15) is 53.3 Å². The molecule has 0 unspecified atom stereocenters. The number of ether oxygens (including phenoxy) is 8. The van der Waals surface area contributed by atoms with Gasteiger partial charge in [0.25, 0.3) is 0 Å². The van der Waals surface area contributed by atoms with Crippen molar-refractivity contribution in [2.75, 3.05) is 73.3 Å². The first-order valence-electron chi connectivity index (χ1n) is 23.5. The smallest absolute Gasteiger partial charge is 0.348 e. The summed E-state index contributed by atoms with van der Waals surface area (Å²) in [6.45, 7) is 15.2. The molecule has 4 bridgehead atoms. The van der Waals surface area contributed by atoms with E-state index in [1.807, 2.05) is 77.1 Å². The lowest BCUT2D eigenvalue weighted by Gasteiger charge is -2.35. The first kappa shape index (κ1) is 49.6. The van der Waals surface area contributed by atoms with Crippen LogP contribution in [0.15, 0.2) is 61.1 Å². The number of para-hydroxylation sites is 1. The number of rotatable bonds is 10. The molecular weight excluding hydrogens is 956 g/mol. The van der Waals surface area contributed by atoms with E-state index in [-0.39, 0.29) is 31.6 Å². The third kappa shape index (κ3) is 11.2. The number of benzene rings is 3. The van der Waals surface area contributed by atoms with Crippen LogP contribution in [0, 0.1) is 13.8 Å². The lowest BCUT2D eigenvalue weighted by atomic mass is 9.92. The van der Waals surface area contributed by atoms with Crippen molar-refractivity contribution in [2.24, 2.45) is 0 Å². The third-order valence-electron chi connectivity index (χ3n) is 12.5. The van der Waals surface area contributed by atoms with Gasteiger partial charge >= 0.3 is 5.97 Å². The second-order valence-electron chi connectivity index (χ2n) is 18.7. The Morgan fingerprint density at radius 1 is 0.900 bits per heavy atom. The zero-order chi connectivity index (χ0) is 49.1. The number of thiophene rings is 1. The summed E-state index contributed by atoms with van der Waals surface area (Å²) in [5, 5.41) is 1.34.